The lowest BCUT2D eigenvalue weighted by Crippen LogP contribution is -2.11. The Morgan fingerprint density at radius 1 is 1.27 bits per heavy atom. The summed E-state index contributed by atoms with van der Waals surface area (Å²) in [7, 11) is 0. The topological polar surface area (TPSA) is 78.3 Å². The van der Waals surface area contributed by atoms with Crippen LogP contribution in [0.25, 0.3) is 0 Å². The summed E-state index contributed by atoms with van der Waals surface area (Å²) in [5, 5.41) is 10.8. The Bertz CT molecular complexity index is 304. The molecule has 0 spiro atoms. The molecular weight excluding hydrogens is 212 g/mol. The lowest BCUT2D eigenvalue weighted by Gasteiger charge is -2.09. The van der Waals surface area contributed by atoms with Crippen LogP contribution in [0.4, 0.5) is 0 Å². The molecule has 0 aliphatic rings. The molecular formula is C10H16N2O2S. The van der Waals surface area contributed by atoms with E-state index in [1.165, 1.54) is 0 Å². The molecule has 0 heterocycles. The number of rotatable bonds is 5. The summed E-state index contributed by atoms with van der Waals surface area (Å²) in [6.07, 6.45) is 0.720. The van der Waals surface area contributed by atoms with Crippen molar-refractivity contribution >= 4 is 17.2 Å². The highest BCUT2D eigenvalue weighted by molar-refractivity contribution is 8.13. The fourth-order valence-electron chi connectivity index (χ4n) is 1.07. The summed E-state index contributed by atoms with van der Waals surface area (Å²) in [6.45, 7) is 0.376. The van der Waals surface area contributed by atoms with Crippen molar-refractivity contribution in [2.45, 2.75) is 6.42 Å². The highest BCUT2D eigenvalue weighted by Gasteiger charge is 2.04. The van der Waals surface area contributed by atoms with Crippen LogP contribution in [-0.4, -0.2) is 18.3 Å². The van der Waals surface area contributed by atoms with Gasteiger partial charge >= 0.3 is 5.97 Å². The van der Waals surface area contributed by atoms with Crippen molar-refractivity contribution in [3.05, 3.63) is 35.9 Å². The number of carbonyl (C=O) groups excluding carboxylic acids is 1. The van der Waals surface area contributed by atoms with Gasteiger partial charge in [0.1, 0.15) is 0 Å². The first kappa shape index (κ1) is 12.0. The van der Waals surface area contributed by atoms with Gasteiger partial charge in [-0.15, -0.1) is 0 Å². The second kappa shape index (κ2) is 6.44. The zero-order chi connectivity index (χ0) is 11.1. The molecule has 0 fully saturated rings. The van der Waals surface area contributed by atoms with Crippen LogP contribution in [0.3, 0.4) is 0 Å². The molecule has 1 rings (SSSR count). The second-order valence-electron chi connectivity index (χ2n) is 3.09. The van der Waals surface area contributed by atoms with Gasteiger partial charge in [-0.25, -0.2) is 4.79 Å². The first-order valence-electron chi connectivity index (χ1n) is 4.69. The van der Waals surface area contributed by atoms with E-state index >= 15 is 0 Å². The van der Waals surface area contributed by atoms with Gasteiger partial charge in [0.05, 0.1) is 12.2 Å². The molecule has 0 amide bonds. The van der Waals surface area contributed by atoms with Crippen LogP contribution < -0.4 is 10.3 Å². The monoisotopic (exact) mass is 228 g/mol. The molecule has 0 aliphatic carbocycles. The maximum absolute atomic E-state index is 11.4. The lowest BCUT2D eigenvalue weighted by atomic mass is 10.2. The third kappa shape index (κ3) is 4.83. The van der Waals surface area contributed by atoms with Crippen LogP contribution in [0.1, 0.15) is 16.8 Å². The van der Waals surface area contributed by atoms with Crippen LogP contribution >= 0.6 is 11.3 Å². The van der Waals surface area contributed by atoms with Crippen molar-refractivity contribution in [2.24, 2.45) is 10.3 Å². The SMILES string of the molecule is N[SH](N)CCCOC(=O)c1ccccc1. The standard InChI is InChI=1S/C10H16N2O2S/c11-15(12)8-4-7-14-10(13)9-5-2-1-3-6-9/h1-3,5-6,15H,4,7-8,11-12H2. The van der Waals surface area contributed by atoms with E-state index < -0.39 is 11.3 Å². The Kier molecular flexibility index (Phi) is 5.17. The average molecular weight is 228 g/mol. The fraction of sp³-hybridized carbons (Fsp3) is 0.300. The number of hydrogen-bond acceptors (Lipinski definition) is 4. The first-order chi connectivity index (χ1) is 7.20. The summed E-state index contributed by atoms with van der Waals surface area (Å²) in [6, 6.07) is 8.90. The quantitative estimate of drug-likeness (QED) is 0.399. The van der Waals surface area contributed by atoms with E-state index in [2.05, 4.69) is 0 Å². The Labute approximate surface area is 92.2 Å². The van der Waals surface area contributed by atoms with Crippen LogP contribution in [0, 0.1) is 0 Å². The third-order valence-corrected chi connectivity index (χ3v) is 2.64. The van der Waals surface area contributed by atoms with Gasteiger partial charge in [-0.1, -0.05) is 18.2 Å². The molecule has 84 valence electrons. The van der Waals surface area contributed by atoms with Crippen LogP contribution in [-0.2, 0) is 4.74 Å². The van der Waals surface area contributed by atoms with Crippen molar-refractivity contribution in [1.29, 1.82) is 0 Å². The number of esters is 1. The molecule has 1 aromatic carbocycles. The van der Waals surface area contributed by atoms with Crippen LogP contribution in [0.15, 0.2) is 30.3 Å². The third-order valence-electron chi connectivity index (χ3n) is 1.80. The Morgan fingerprint density at radius 2 is 1.93 bits per heavy atom. The van der Waals surface area contributed by atoms with E-state index in [4.69, 9.17) is 15.0 Å². The normalized spacial score (nSPS) is 10.9. The largest absolute Gasteiger partial charge is 0.462 e. The molecule has 0 aliphatic heterocycles. The molecule has 0 saturated carbocycles. The lowest BCUT2D eigenvalue weighted by molar-refractivity contribution is 0.0506. The van der Waals surface area contributed by atoms with E-state index in [9.17, 15) is 4.79 Å². The van der Waals surface area contributed by atoms with E-state index in [1.54, 1.807) is 24.3 Å². The molecule has 5 heteroatoms. The maximum atomic E-state index is 11.4. The predicted octanol–water partition coefficient (Wildman–Crippen LogP) is 0.982. The number of hydrogen-bond donors (Lipinski definition) is 3. The summed E-state index contributed by atoms with van der Waals surface area (Å²) < 4.78 is 5.04. The van der Waals surface area contributed by atoms with E-state index in [0.717, 1.165) is 12.2 Å². The molecule has 0 radical (unpaired) electrons. The minimum absolute atomic E-state index is 0.297. The number of nitrogens with two attached hydrogens (primary N) is 2. The Morgan fingerprint density at radius 3 is 2.53 bits per heavy atom. The number of carbonyl (C=O) groups is 1. The summed E-state index contributed by atoms with van der Waals surface area (Å²) in [5.41, 5.74) is 0.570. The molecule has 0 aromatic heterocycles. The van der Waals surface area contributed by atoms with E-state index in [0.29, 0.717) is 12.2 Å². The summed E-state index contributed by atoms with van der Waals surface area (Å²) in [4.78, 5) is 11.4. The summed E-state index contributed by atoms with van der Waals surface area (Å²) >= 11 is -0.877. The van der Waals surface area contributed by atoms with Gasteiger partial charge < -0.3 is 4.74 Å². The minimum Gasteiger partial charge on any atom is -0.462 e. The van der Waals surface area contributed by atoms with E-state index in [1.807, 2.05) is 6.07 Å². The Hall–Kier alpha value is -1.04. The maximum Gasteiger partial charge on any atom is 0.338 e. The smallest absolute Gasteiger partial charge is 0.338 e. The molecule has 0 bridgehead atoms. The van der Waals surface area contributed by atoms with Gasteiger partial charge in [-0.05, 0) is 18.6 Å². The first-order valence-corrected chi connectivity index (χ1v) is 6.36. The van der Waals surface area contributed by atoms with Gasteiger partial charge in [0.15, 0.2) is 0 Å². The van der Waals surface area contributed by atoms with Crippen molar-refractivity contribution in [3.8, 4) is 0 Å². The fourth-order valence-corrected chi connectivity index (χ4v) is 1.56. The predicted molar refractivity (Wildman–Crippen MR) is 63.6 cm³/mol. The van der Waals surface area contributed by atoms with Gasteiger partial charge in [0.2, 0.25) is 0 Å². The molecule has 15 heavy (non-hydrogen) atoms. The van der Waals surface area contributed by atoms with Crippen LogP contribution in [0.2, 0.25) is 0 Å². The Balaban J connectivity index is 2.25. The number of ether oxygens (including phenoxy) is 1. The number of benzene rings is 1. The number of thiol groups is 1. The van der Waals surface area contributed by atoms with Crippen molar-refractivity contribution in [3.63, 3.8) is 0 Å². The summed E-state index contributed by atoms with van der Waals surface area (Å²) in [5.74, 6) is 0.422. The van der Waals surface area contributed by atoms with Crippen molar-refractivity contribution in [2.75, 3.05) is 12.4 Å². The average Bonchev–Trinajstić information content (AvgIpc) is 2.25. The molecule has 4 N–H and O–H groups in total. The van der Waals surface area contributed by atoms with Gasteiger partial charge in [0, 0.05) is 5.75 Å². The molecule has 1 aromatic rings. The molecule has 0 saturated heterocycles. The van der Waals surface area contributed by atoms with Crippen molar-refractivity contribution in [1.82, 2.24) is 0 Å². The van der Waals surface area contributed by atoms with E-state index in [-0.39, 0.29) is 5.97 Å². The molecule has 4 nitrogen and oxygen atoms in total. The van der Waals surface area contributed by atoms with Crippen LogP contribution in [0.5, 0.6) is 0 Å². The zero-order valence-electron chi connectivity index (χ0n) is 8.43. The van der Waals surface area contributed by atoms with Crippen molar-refractivity contribution < 1.29 is 9.53 Å². The van der Waals surface area contributed by atoms with Gasteiger partial charge in [-0.3, -0.25) is 10.3 Å². The molecule has 0 atom stereocenters. The highest BCUT2D eigenvalue weighted by atomic mass is 32.2. The minimum atomic E-state index is -0.877. The van der Waals surface area contributed by atoms with Gasteiger partial charge in [-0.2, -0.15) is 11.3 Å². The highest BCUT2D eigenvalue weighted by Crippen LogP contribution is 2.05. The van der Waals surface area contributed by atoms with Gasteiger partial charge in [0.25, 0.3) is 0 Å². The zero-order valence-corrected chi connectivity index (χ0v) is 9.32. The molecule has 0 unspecified atom stereocenters. The second-order valence-corrected chi connectivity index (χ2v) is 4.57.